The van der Waals surface area contributed by atoms with E-state index in [0.29, 0.717) is 39.8 Å². The third-order valence-corrected chi connectivity index (χ3v) is 5.43. The summed E-state index contributed by atoms with van der Waals surface area (Å²) in [6, 6.07) is 3.28. The quantitative estimate of drug-likeness (QED) is 0.683. The number of rotatable bonds is 5. The van der Waals surface area contributed by atoms with E-state index in [1.807, 2.05) is 0 Å². The Bertz CT molecular complexity index is 1080. The van der Waals surface area contributed by atoms with Crippen molar-refractivity contribution >= 4 is 33.0 Å². The Hall–Kier alpha value is -2.36. The van der Waals surface area contributed by atoms with Crippen LogP contribution in [0, 0.1) is 0 Å². The number of nitrogens with two attached hydrogens (primary N) is 2. The third kappa shape index (κ3) is 3.33. The highest BCUT2D eigenvalue weighted by atomic mass is 35.5. The Morgan fingerprint density at radius 2 is 2.04 bits per heavy atom. The smallest absolute Gasteiger partial charge is 0.217 e. The molecule has 0 aliphatic rings. The molecule has 0 radical (unpaired) electrons. The van der Waals surface area contributed by atoms with E-state index >= 15 is 0 Å². The molecule has 3 aromatic rings. The van der Waals surface area contributed by atoms with Crippen molar-refractivity contribution in [1.29, 1.82) is 0 Å². The van der Waals surface area contributed by atoms with Gasteiger partial charge in [-0.25, -0.2) is 23.5 Å². The minimum atomic E-state index is -3.82. The summed E-state index contributed by atoms with van der Waals surface area (Å²) < 4.78 is 30.8. The first-order valence-electron chi connectivity index (χ1n) is 7.79. The molecule has 1 atom stereocenters. The molecule has 0 saturated carbocycles. The van der Waals surface area contributed by atoms with Crippen LogP contribution in [0.15, 0.2) is 30.7 Å². The summed E-state index contributed by atoms with van der Waals surface area (Å²) >= 11 is 6.09. The molecule has 8 nitrogen and oxygen atoms in total. The zero-order valence-corrected chi connectivity index (χ0v) is 15.8. The van der Waals surface area contributed by atoms with E-state index in [0.717, 1.165) is 0 Å². The first kappa shape index (κ1) is 18.4. The number of nitrogens with zero attached hydrogens (tertiary/aromatic N) is 3. The van der Waals surface area contributed by atoms with Gasteiger partial charge in [0.05, 0.1) is 29.2 Å². The second-order valence-corrected chi connectivity index (χ2v) is 8.05. The van der Waals surface area contributed by atoms with Gasteiger partial charge in [0.2, 0.25) is 15.9 Å². The van der Waals surface area contributed by atoms with E-state index in [4.69, 9.17) is 27.2 Å². The predicted molar refractivity (Wildman–Crippen MR) is 101 cm³/mol. The fraction of sp³-hybridized carbons (Fsp3) is 0.250. The highest BCUT2D eigenvalue weighted by Crippen LogP contribution is 2.33. The van der Waals surface area contributed by atoms with Gasteiger partial charge in [-0.1, -0.05) is 11.6 Å². The number of pyridine rings is 2. The van der Waals surface area contributed by atoms with Gasteiger partial charge in [0.25, 0.3) is 0 Å². The fourth-order valence-corrected chi connectivity index (χ4v) is 3.37. The summed E-state index contributed by atoms with van der Waals surface area (Å²) in [5.41, 5.74) is 8.58. The van der Waals surface area contributed by atoms with Gasteiger partial charge in [0.1, 0.15) is 5.25 Å². The normalized spacial score (nSPS) is 13.1. The maximum Gasteiger partial charge on any atom is 0.217 e. The van der Waals surface area contributed by atoms with E-state index in [1.165, 1.54) is 6.92 Å². The monoisotopic (exact) mass is 395 g/mol. The summed E-state index contributed by atoms with van der Waals surface area (Å²) in [6.07, 6.45) is 4.87. The lowest BCUT2D eigenvalue weighted by Crippen LogP contribution is -2.20. The van der Waals surface area contributed by atoms with Gasteiger partial charge in [-0.3, -0.25) is 4.40 Å². The number of imidazole rings is 1. The zero-order valence-electron chi connectivity index (χ0n) is 14.2. The molecule has 138 valence electrons. The van der Waals surface area contributed by atoms with Crippen LogP contribution in [0.3, 0.4) is 0 Å². The van der Waals surface area contributed by atoms with E-state index in [1.54, 1.807) is 42.0 Å². The van der Waals surface area contributed by atoms with Crippen molar-refractivity contribution in [3.63, 3.8) is 0 Å². The number of halogens is 1. The minimum absolute atomic E-state index is 0.226. The Labute approximate surface area is 155 Å². The highest BCUT2D eigenvalue weighted by molar-refractivity contribution is 7.89. The van der Waals surface area contributed by atoms with Crippen molar-refractivity contribution < 1.29 is 13.2 Å². The Kier molecular flexibility index (Phi) is 4.78. The number of nitrogen functional groups attached to an aromatic ring is 1. The van der Waals surface area contributed by atoms with Crippen LogP contribution >= 0.6 is 11.6 Å². The van der Waals surface area contributed by atoms with Crippen molar-refractivity contribution in [3.8, 4) is 17.1 Å². The lowest BCUT2D eigenvalue weighted by atomic mass is 10.1. The van der Waals surface area contributed by atoms with E-state index < -0.39 is 15.3 Å². The van der Waals surface area contributed by atoms with Crippen LogP contribution in [0.5, 0.6) is 5.88 Å². The van der Waals surface area contributed by atoms with E-state index in [9.17, 15) is 8.42 Å². The van der Waals surface area contributed by atoms with Gasteiger partial charge in [0.15, 0.2) is 5.65 Å². The molecule has 0 spiro atoms. The average Bonchev–Trinajstić information content (AvgIpc) is 2.98. The van der Waals surface area contributed by atoms with E-state index in [-0.39, 0.29) is 5.88 Å². The van der Waals surface area contributed by atoms with Crippen molar-refractivity contribution in [2.75, 3.05) is 12.3 Å². The van der Waals surface area contributed by atoms with Gasteiger partial charge < -0.3 is 10.5 Å². The van der Waals surface area contributed by atoms with Gasteiger partial charge >= 0.3 is 0 Å². The Balaban J connectivity index is 2.21. The summed E-state index contributed by atoms with van der Waals surface area (Å²) in [7, 11) is -3.82. The molecule has 0 saturated heterocycles. The Morgan fingerprint density at radius 1 is 1.31 bits per heavy atom. The van der Waals surface area contributed by atoms with Crippen molar-refractivity contribution in [2.45, 2.75) is 19.1 Å². The summed E-state index contributed by atoms with van der Waals surface area (Å²) in [4.78, 5) is 8.56. The molecule has 3 heterocycles. The molecule has 0 aliphatic carbocycles. The van der Waals surface area contributed by atoms with E-state index in [2.05, 4.69) is 9.97 Å². The topological polar surface area (TPSA) is 126 Å². The molecule has 3 aromatic heterocycles. The van der Waals surface area contributed by atoms with Crippen LogP contribution in [0.4, 0.5) is 5.69 Å². The van der Waals surface area contributed by atoms with Crippen molar-refractivity contribution in [3.05, 3.63) is 41.3 Å². The number of hydrogen-bond acceptors (Lipinski definition) is 6. The molecule has 1 unspecified atom stereocenters. The standard InChI is InChI=1S/C16H18ClN5O3S/c1-3-25-16-12(9(2)26(19,23)24)4-10(6-21-16)14-7-20-15-13(18)5-11(17)8-22(14)15/h4-9H,3,18H2,1-2H3,(H2,19,23,24). The van der Waals surface area contributed by atoms with Crippen molar-refractivity contribution in [1.82, 2.24) is 14.4 Å². The molecule has 0 fully saturated rings. The first-order valence-corrected chi connectivity index (χ1v) is 9.78. The van der Waals surface area contributed by atoms with Gasteiger partial charge in [-0.2, -0.15) is 0 Å². The fourth-order valence-electron chi connectivity index (χ4n) is 2.63. The molecule has 0 aromatic carbocycles. The van der Waals surface area contributed by atoms with Gasteiger partial charge in [0, 0.05) is 23.5 Å². The van der Waals surface area contributed by atoms with Crippen LogP contribution in [0.1, 0.15) is 24.7 Å². The molecule has 0 aliphatic heterocycles. The largest absolute Gasteiger partial charge is 0.478 e. The second-order valence-electron chi connectivity index (χ2n) is 5.73. The zero-order chi connectivity index (χ0) is 19.1. The molecule has 26 heavy (non-hydrogen) atoms. The van der Waals surface area contributed by atoms with Crippen LogP contribution in [0.2, 0.25) is 5.02 Å². The summed E-state index contributed by atoms with van der Waals surface area (Å²) in [6.45, 7) is 3.62. The lowest BCUT2D eigenvalue weighted by Gasteiger charge is -2.15. The number of hydrogen-bond donors (Lipinski definition) is 2. The molecule has 0 bridgehead atoms. The molecule has 3 rings (SSSR count). The van der Waals surface area contributed by atoms with Crippen LogP contribution in [-0.2, 0) is 10.0 Å². The number of fused-ring (bicyclic) bond motifs is 1. The number of primary sulfonamides is 1. The Morgan fingerprint density at radius 3 is 2.69 bits per heavy atom. The highest BCUT2D eigenvalue weighted by Gasteiger charge is 2.24. The molecule has 10 heteroatoms. The summed E-state index contributed by atoms with van der Waals surface area (Å²) in [5, 5.41) is 4.78. The lowest BCUT2D eigenvalue weighted by molar-refractivity contribution is 0.323. The first-order chi connectivity index (χ1) is 12.2. The van der Waals surface area contributed by atoms with Gasteiger partial charge in [-0.05, 0) is 26.0 Å². The average molecular weight is 396 g/mol. The molecule has 0 amide bonds. The molecular weight excluding hydrogens is 378 g/mol. The number of anilines is 1. The predicted octanol–water partition coefficient (Wildman–Crippen LogP) is 2.38. The third-order valence-electron chi connectivity index (χ3n) is 3.99. The second kappa shape index (κ2) is 6.75. The number of aromatic nitrogens is 3. The number of ether oxygens (including phenoxy) is 1. The van der Waals surface area contributed by atoms with Crippen LogP contribution in [-0.4, -0.2) is 29.4 Å². The maximum atomic E-state index is 11.8. The number of sulfonamides is 1. The van der Waals surface area contributed by atoms with Gasteiger partial charge in [-0.15, -0.1) is 0 Å². The van der Waals surface area contributed by atoms with Crippen LogP contribution in [0.25, 0.3) is 16.9 Å². The molecular formula is C16H18ClN5O3S. The van der Waals surface area contributed by atoms with Crippen LogP contribution < -0.4 is 15.6 Å². The minimum Gasteiger partial charge on any atom is -0.478 e. The van der Waals surface area contributed by atoms with Crippen molar-refractivity contribution in [2.24, 2.45) is 5.14 Å². The summed E-state index contributed by atoms with van der Waals surface area (Å²) in [5.74, 6) is 0.226. The SMILES string of the molecule is CCOc1ncc(-c2cnc3c(N)cc(Cl)cn23)cc1C(C)S(N)(=O)=O. The molecule has 4 N–H and O–H groups in total. The maximum absolute atomic E-state index is 11.8.